The molecule has 0 aliphatic carbocycles. The molecule has 0 unspecified atom stereocenters. The van der Waals surface area contributed by atoms with E-state index in [1.807, 2.05) is 30.3 Å². The van der Waals surface area contributed by atoms with Crippen LogP contribution in [-0.4, -0.2) is 15.2 Å². The molecular weight excluding hydrogens is 318 g/mol. The van der Waals surface area contributed by atoms with Crippen molar-refractivity contribution in [2.24, 2.45) is 4.99 Å². The van der Waals surface area contributed by atoms with Crippen LogP contribution in [0.25, 0.3) is 6.08 Å². The van der Waals surface area contributed by atoms with Gasteiger partial charge in [-0.2, -0.15) is 0 Å². The summed E-state index contributed by atoms with van der Waals surface area (Å²) in [6, 6.07) is 7.81. The van der Waals surface area contributed by atoms with E-state index in [0.717, 1.165) is 20.2 Å². The Morgan fingerprint density at radius 2 is 2.12 bits per heavy atom. The Morgan fingerprint density at radius 1 is 1.41 bits per heavy atom. The van der Waals surface area contributed by atoms with Crippen LogP contribution in [0.2, 0.25) is 0 Å². The second-order valence-corrected chi connectivity index (χ2v) is 6.67. The predicted octanol–water partition coefficient (Wildman–Crippen LogP) is 4.17. The Kier molecular flexibility index (Phi) is 4.48. The maximum Gasteiger partial charge on any atom is 0.244 e. The van der Waals surface area contributed by atoms with Gasteiger partial charge in [0, 0.05) is 4.47 Å². The number of nitrogens with zero attached hydrogens (tertiary/aromatic N) is 1. The van der Waals surface area contributed by atoms with Crippen LogP contribution < -0.4 is 0 Å². The lowest BCUT2D eigenvalue weighted by atomic mass is 10.2. The zero-order chi connectivity index (χ0) is 12.3. The van der Waals surface area contributed by atoms with Gasteiger partial charge in [-0.25, -0.2) is 4.99 Å². The fourth-order valence-corrected chi connectivity index (χ4v) is 3.29. The number of thioether (sulfide) groups is 2. The second-order valence-electron chi connectivity index (χ2n) is 3.28. The van der Waals surface area contributed by atoms with Crippen LogP contribution in [0.1, 0.15) is 12.5 Å². The molecule has 0 amide bonds. The lowest BCUT2D eigenvalue weighted by Gasteiger charge is -1.94. The maximum atomic E-state index is 11.7. The van der Waals surface area contributed by atoms with Crippen molar-refractivity contribution in [3.63, 3.8) is 0 Å². The van der Waals surface area contributed by atoms with E-state index < -0.39 is 0 Å². The number of carbonyl (C=O) groups is 1. The molecule has 2 nitrogen and oxygen atoms in total. The van der Waals surface area contributed by atoms with Crippen molar-refractivity contribution >= 4 is 55.0 Å². The first-order valence-corrected chi connectivity index (χ1v) is 7.69. The van der Waals surface area contributed by atoms with Crippen molar-refractivity contribution < 1.29 is 4.79 Å². The molecule has 0 saturated carbocycles. The van der Waals surface area contributed by atoms with E-state index in [0.29, 0.717) is 5.70 Å². The standard InChI is InChI=1S/C12H10BrNOS2/c1-2-16-12-14-10(11(15)17-12)7-8-3-5-9(13)6-4-8/h3-7H,2H2,1H3/b10-7-. The highest BCUT2D eigenvalue weighted by Gasteiger charge is 2.21. The molecule has 1 aliphatic rings. The molecule has 1 aromatic rings. The van der Waals surface area contributed by atoms with E-state index in [1.165, 1.54) is 11.8 Å². The molecule has 1 aromatic carbocycles. The van der Waals surface area contributed by atoms with Crippen LogP contribution in [0, 0.1) is 0 Å². The van der Waals surface area contributed by atoms with Gasteiger partial charge in [0.1, 0.15) is 10.1 Å². The Balaban J connectivity index is 2.22. The van der Waals surface area contributed by atoms with Gasteiger partial charge >= 0.3 is 0 Å². The fourth-order valence-electron chi connectivity index (χ4n) is 1.29. The highest BCUT2D eigenvalue weighted by atomic mass is 79.9. The minimum Gasteiger partial charge on any atom is -0.279 e. The van der Waals surface area contributed by atoms with Crippen LogP contribution in [0.15, 0.2) is 39.4 Å². The van der Waals surface area contributed by atoms with Gasteiger partial charge in [-0.3, -0.25) is 4.79 Å². The molecule has 0 spiro atoms. The third kappa shape index (κ3) is 3.47. The summed E-state index contributed by atoms with van der Waals surface area (Å²) in [5.41, 5.74) is 1.52. The smallest absolute Gasteiger partial charge is 0.244 e. The van der Waals surface area contributed by atoms with E-state index >= 15 is 0 Å². The number of halogens is 1. The van der Waals surface area contributed by atoms with E-state index in [-0.39, 0.29) is 5.12 Å². The highest BCUT2D eigenvalue weighted by molar-refractivity contribution is 9.10. The van der Waals surface area contributed by atoms with Crippen LogP contribution in [-0.2, 0) is 4.79 Å². The van der Waals surface area contributed by atoms with Gasteiger partial charge in [0.25, 0.3) is 0 Å². The number of aliphatic imine (C=N–C) groups is 1. The van der Waals surface area contributed by atoms with Crippen LogP contribution in [0.3, 0.4) is 0 Å². The van der Waals surface area contributed by atoms with E-state index in [9.17, 15) is 4.79 Å². The third-order valence-corrected chi connectivity index (χ3v) is 4.46. The second kappa shape index (κ2) is 5.89. The van der Waals surface area contributed by atoms with E-state index in [4.69, 9.17) is 0 Å². The van der Waals surface area contributed by atoms with Crippen molar-refractivity contribution in [2.45, 2.75) is 6.92 Å². The molecule has 88 valence electrons. The number of rotatable bonds is 2. The molecule has 5 heteroatoms. The molecule has 0 saturated heterocycles. The molecule has 0 radical (unpaired) electrons. The summed E-state index contributed by atoms with van der Waals surface area (Å²) in [5, 5.41) is 0.0314. The molecule has 1 aliphatic heterocycles. The average molecular weight is 328 g/mol. The SMILES string of the molecule is CCSC1=N/C(=C\c2ccc(Br)cc2)C(=O)S1. The van der Waals surface area contributed by atoms with Crippen molar-refractivity contribution in [2.75, 3.05) is 5.75 Å². The zero-order valence-electron chi connectivity index (χ0n) is 9.14. The van der Waals surface area contributed by atoms with Crippen molar-refractivity contribution in [1.29, 1.82) is 0 Å². The Labute approximate surface area is 117 Å². The minimum absolute atomic E-state index is 0.0314. The van der Waals surface area contributed by atoms with Gasteiger partial charge < -0.3 is 0 Å². The van der Waals surface area contributed by atoms with Crippen molar-refractivity contribution in [3.05, 3.63) is 40.0 Å². The number of hydrogen-bond acceptors (Lipinski definition) is 4. The maximum absolute atomic E-state index is 11.7. The normalized spacial score (nSPS) is 17.6. The van der Waals surface area contributed by atoms with Crippen molar-refractivity contribution in [3.8, 4) is 0 Å². The molecule has 0 aromatic heterocycles. The monoisotopic (exact) mass is 327 g/mol. The first-order chi connectivity index (χ1) is 8.19. The first-order valence-electron chi connectivity index (χ1n) is 5.10. The molecule has 0 atom stereocenters. The summed E-state index contributed by atoms with van der Waals surface area (Å²) in [6.07, 6.45) is 1.82. The zero-order valence-corrected chi connectivity index (χ0v) is 12.4. The van der Waals surface area contributed by atoms with Gasteiger partial charge in [-0.1, -0.05) is 46.7 Å². The highest BCUT2D eigenvalue weighted by Crippen LogP contribution is 2.30. The molecule has 1 heterocycles. The molecule has 0 bridgehead atoms. The Bertz CT molecular complexity index is 494. The quantitative estimate of drug-likeness (QED) is 0.763. The average Bonchev–Trinajstić information content (AvgIpc) is 2.63. The summed E-state index contributed by atoms with van der Waals surface area (Å²) >= 11 is 6.20. The van der Waals surface area contributed by atoms with Gasteiger partial charge in [-0.15, -0.1) is 0 Å². The summed E-state index contributed by atoms with van der Waals surface area (Å²) < 4.78 is 1.87. The van der Waals surface area contributed by atoms with Crippen molar-refractivity contribution in [1.82, 2.24) is 0 Å². The Morgan fingerprint density at radius 3 is 2.76 bits per heavy atom. The molecule has 17 heavy (non-hydrogen) atoms. The van der Waals surface area contributed by atoms with Crippen LogP contribution in [0.4, 0.5) is 0 Å². The first kappa shape index (κ1) is 12.9. The summed E-state index contributed by atoms with van der Waals surface area (Å²) in [4.78, 5) is 16.0. The Hall–Kier alpha value is -0.520. The lowest BCUT2D eigenvalue weighted by Crippen LogP contribution is -1.87. The predicted molar refractivity (Wildman–Crippen MR) is 80.3 cm³/mol. The minimum atomic E-state index is 0.0314. The molecular formula is C12H10BrNOS2. The van der Waals surface area contributed by atoms with Gasteiger partial charge in [0.15, 0.2) is 0 Å². The number of hydrogen-bond donors (Lipinski definition) is 0. The van der Waals surface area contributed by atoms with Crippen LogP contribution >= 0.6 is 39.5 Å². The molecule has 2 rings (SSSR count). The van der Waals surface area contributed by atoms with Gasteiger partial charge in [-0.05, 0) is 41.3 Å². The topological polar surface area (TPSA) is 29.4 Å². The summed E-state index contributed by atoms with van der Waals surface area (Å²) in [7, 11) is 0. The number of carbonyl (C=O) groups excluding carboxylic acids is 1. The van der Waals surface area contributed by atoms with E-state index in [2.05, 4.69) is 27.8 Å². The summed E-state index contributed by atoms with van der Waals surface area (Å²) in [6.45, 7) is 2.05. The van der Waals surface area contributed by atoms with Crippen LogP contribution in [0.5, 0.6) is 0 Å². The lowest BCUT2D eigenvalue weighted by molar-refractivity contribution is -0.107. The van der Waals surface area contributed by atoms with Gasteiger partial charge in [0.05, 0.1) is 0 Å². The third-order valence-electron chi connectivity index (χ3n) is 2.04. The fraction of sp³-hybridized carbons (Fsp3) is 0.167. The molecule has 0 fully saturated rings. The summed E-state index contributed by atoms with van der Waals surface area (Å²) in [5.74, 6) is 0.935. The number of benzene rings is 1. The van der Waals surface area contributed by atoms with Gasteiger partial charge in [0.2, 0.25) is 5.12 Å². The van der Waals surface area contributed by atoms with E-state index in [1.54, 1.807) is 11.8 Å². The largest absolute Gasteiger partial charge is 0.279 e. The molecule has 0 N–H and O–H groups in total.